The Morgan fingerprint density at radius 2 is 1.60 bits per heavy atom. The summed E-state index contributed by atoms with van der Waals surface area (Å²) < 4.78 is 0. The largest absolute Gasteiger partial charge is 0.481 e. The molecule has 0 bridgehead atoms. The summed E-state index contributed by atoms with van der Waals surface area (Å²) in [5.74, 6) is -0.816. The van der Waals surface area contributed by atoms with E-state index in [1.165, 1.54) is 38.5 Å². The van der Waals surface area contributed by atoms with Crippen LogP contribution in [0.1, 0.15) is 51.4 Å². The quantitative estimate of drug-likeness (QED) is 0.703. The molecule has 1 heterocycles. The van der Waals surface area contributed by atoms with E-state index >= 15 is 0 Å². The summed E-state index contributed by atoms with van der Waals surface area (Å²) in [6.45, 7) is 1.62. The number of carboxylic acid groups (broad SMARTS) is 1. The van der Waals surface area contributed by atoms with Gasteiger partial charge in [-0.25, -0.2) is 0 Å². The average Bonchev–Trinajstić information content (AvgIpc) is 2.18. The maximum atomic E-state index is 10.9. The van der Waals surface area contributed by atoms with Gasteiger partial charge >= 0.3 is 5.97 Å². The maximum absolute atomic E-state index is 10.9. The van der Waals surface area contributed by atoms with Gasteiger partial charge in [-0.05, 0) is 19.4 Å². The second-order valence-electron chi connectivity index (χ2n) is 4.50. The van der Waals surface area contributed by atoms with E-state index in [2.05, 4.69) is 5.32 Å². The van der Waals surface area contributed by atoms with E-state index in [1.807, 2.05) is 0 Å². The fourth-order valence-corrected chi connectivity index (χ4v) is 2.11. The van der Waals surface area contributed by atoms with Crippen molar-refractivity contribution in [2.75, 3.05) is 13.1 Å². The van der Waals surface area contributed by atoms with Crippen molar-refractivity contribution >= 4 is 5.97 Å². The molecule has 0 radical (unpaired) electrons. The van der Waals surface area contributed by atoms with Gasteiger partial charge in [-0.1, -0.05) is 38.5 Å². The van der Waals surface area contributed by atoms with Crippen LogP contribution in [-0.2, 0) is 4.79 Å². The van der Waals surface area contributed by atoms with E-state index in [9.17, 15) is 4.79 Å². The van der Waals surface area contributed by atoms with E-state index in [0.29, 0.717) is 6.54 Å². The lowest BCUT2D eigenvalue weighted by atomic mass is 9.99. The first-order valence-electron chi connectivity index (χ1n) is 6.24. The number of nitrogens with one attached hydrogen (secondary N) is 1. The van der Waals surface area contributed by atoms with Gasteiger partial charge in [0.25, 0.3) is 0 Å². The van der Waals surface area contributed by atoms with Crippen LogP contribution in [0, 0.1) is 5.92 Å². The highest BCUT2D eigenvalue weighted by molar-refractivity contribution is 5.70. The summed E-state index contributed by atoms with van der Waals surface area (Å²) in [5.41, 5.74) is 0. The van der Waals surface area contributed by atoms with Crippen LogP contribution in [0.15, 0.2) is 0 Å². The van der Waals surface area contributed by atoms with Crippen LogP contribution in [-0.4, -0.2) is 24.2 Å². The van der Waals surface area contributed by atoms with Crippen LogP contribution in [0.3, 0.4) is 0 Å². The van der Waals surface area contributed by atoms with Crippen molar-refractivity contribution in [1.29, 1.82) is 0 Å². The summed E-state index contributed by atoms with van der Waals surface area (Å²) in [6.07, 6.45) is 9.50. The molecule has 1 unspecified atom stereocenters. The highest BCUT2D eigenvalue weighted by Gasteiger charge is 2.16. The lowest BCUT2D eigenvalue weighted by Gasteiger charge is -2.14. The van der Waals surface area contributed by atoms with Gasteiger partial charge in [-0.2, -0.15) is 0 Å². The predicted molar refractivity (Wildman–Crippen MR) is 60.9 cm³/mol. The van der Waals surface area contributed by atoms with Gasteiger partial charge in [0, 0.05) is 6.54 Å². The number of hydrogen-bond acceptors (Lipinski definition) is 2. The van der Waals surface area contributed by atoms with Crippen molar-refractivity contribution in [2.24, 2.45) is 5.92 Å². The van der Waals surface area contributed by atoms with Crippen molar-refractivity contribution in [3.05, 3.63) is 0 Å². The highest BCUT2D eigenvalue weighted by atomic mass is 16.4. The Balaban J connectivity index is 2.28. The lowest BCUT2D eigenvalue weighted by Crippen LogP contribution is -2.29. The van der Waals surface area contributed by atoms with Gasteiger partial charge < -0.3 is 10.4 Å². The van der Waals surface area contributed by atoms with E-state index in [-0.39, 0.29) is 5.92 Å². The molecule has 0 amide bonds. The van der Waals surface area contributed by atoms with Crippen LogP contribution in [0.4, 0.5) is 0 Å². The third-order valence-electron chi connectivity index (χ3n) is 3.15. The molecule has 0 aromatic heterocycles. The highest BCUT2D eigenvalue weighted by Crippen LogP contribution is 2.13. The third-order valence-corrected chi connectivity index (χ3v) is 3.15. The summed E-state index contributed by atoms with van der Waals surface area (Å²) in [4.78, 5) is 10.9. The molecule has 1 atom stereocenters. The third kappa shape index (κ3) is 5.78. The minimum absolute atomic E-state index is 0.176. The monoisotopic (exact) mass is 213 g/mol. The molecule has 0 saturated carbocycles. The molecule has 1 saturated heterocycles. The topological polar surface area (TPSA) is 49.3 Å². The van der Waals surface area contributed by atoms with Gasteiger partial charge in [0.15, 0.2) is 0 Å². The molecule has 1 fully saturated rings. The summed E-state index contributed by atoms with van der Waals surface area (Å²) in [5, 5.41) is 12.3. The van der Waals surface area contributed by atoms with Gasteiger partial charge in [0.1, 0.15) is 0 Å². The van der Waals surface area contributed by atoms with Crippen LogP contribution >= 0.6 is 0 Å². The number of aliphatic carboxylic acids is 1. The van der Waals surface area contributed by atoms with Crippen molar-refractivity contribution < 1.29 is 9.90 Å². The first kappa shape index (κ1) is 12.5. The fourth-order valence-electron chi connectivity index (χ4n) is 2.11. The summed E-state index contributed by atoms with van der Waals surface area (Å²) >= 11 is 0. The zero-order valence-electron chi connectivity index (χ0n) is 9.50. The predicted octanol–water partition coefficient (Wildman–Crippen LogP) is 2.41. The smallest absolute Gasteiger partial charge is 0.307 e. The van der Waals surface area contributed by atoms with Crippen molar-refractivity contribution in [2.45, 2.75) is 51.4 Å². The Morgan fingerprint density at radius 1 is 1.00 bits per heavy atom. The average molecular weight is 213 g/mol. The molecule has 1 rings (SSSR count). The minimum Gasteiger partial charge on any atom is -0.481 e. The van der Waals surface area contributed by atoms with E-state index in [1.54, 1.807) is 0 Å². The molecule has 1 aliphatic rings. The standard InChI is InChI=1S/C12H23NO2/c14-12(15)11-8-6-4-2-1-3-5-7-9-13-10-11/h11,13H,1-10H2,(H,14,15). The molecule has 88 valence electrons. The Labute approximate surface area is 92.3 Å². The Hall–Kier alpha value is -0.570. The Kier molecular flexibility index (Phi) is 6.41. The fraction of sp³-hybridized carbons (Fsp3) is 0.917. The minimum atomic E-state index is -0.639. The number of rotatable bonds is 1. The number of hydrogen-bond donors (Lipinski definition) is 2. The zero-order valence-corrected chi connectivity index (χ0v) is 9.50. The first-order valence-corrected chi connectivity index (χ1v) is 6.24. The Morgan fingerprint density at radius 3 is 2.27 bits per heavy atom. The van der Waals surface area contributed by atoms with Crippen molar-refractivity contribution in [3.8, 4) is 0 Å². The second kappa shape index (κ2) is 7.69. The van der Waals surface area contributed by atoms with Crippen molar-refractivity contribution in [1.82, 2.24) is 5.32 Å². The molecule has 3 heteroatoms. The van der Waals surface area contributed by atoms with E-state index in [4.69, 9.17) is 5.11 Å². The molecule has 2 N–H and O–H groups in total. The molecule has 3 nitrogen and oxygen atoms in total. The second-order valence-corrected chi connectivity index (χ2v) is 4.50. The van der Waals surface area contributed by atoms with E-state index < -0.39 is 5.97 Å². The SMILES string of the molecule is O=C(O)C1CCCCCCCCCNC1. The number of carboxylic acids is 1. The van der Waals surface area contributed by atoms with Gasteiger partial charge in [0.05, 0.1) is 5.92 Å². The van der Waals surface area contributed by atoms with Gasteiger partial charge in [-0.3, -0.25) is 4.79 Å². The number of carbonyl (C=O) groups is 1. The van der Waals surface area contributed by atoms with E-state index in [0.717, 1.165) is 19.4 Å². The summed E-state index contributed by atoms with van der Waals surface area (Å²) in [6, 6.07) is 0. The van der Waals surface area contributed by atoms with Gasteiger partial charge in [0.2, 0.25) is 0 Å². The van der Waals surface area contributed by atoms with Crippen LogP contribution in [0.5, 0.6) is 0 Å². The molecular formula is C12H23NO2. The molecule has 15 heavy (non-hydrogen) atoms. The van der Waals surface area contributed by atoms with Crippen LogP contribution in [0.2, 0.25) is 0 Å². The van der Waals surface area contributed by atoms with Crippen molar-refractivity contribution in [3.63, 3.8) is 0 Å². The van der Waals surface area contributed by atoms with Crippen LogP contribution < -0.4 is 5.32 Å². The molecule has 1 aliphatic heterocycles. The molecular weight excluding hydrogens is 190 g/mol. The normalized spacial score (nSPS) is 26.3. The Bertz CT molecular complexity index is 170. The lowest BCUT2D eigenvalue weighted by molar-refractivity contribution is -0.141. The molecule has 0 aromatic rings. The summed E-state index contributed by atoms with van der Waals surface area (Å²) in [7, 11) is 0. The first-order chi connectivity index (χ1) is 7.30. The molecule has 0 aromatic carbocycles. The zero-order chi connectivity index (χ0) is 10.9. The van der Waals surface area contributed by atoms with Crippen LogP contribution in [0.25, 0.3) is 0 Å². The molecule has 0 spiro atoms. The maximum Gasteiger partial charge on any atom is 0.307 e. The van der Waals surface area contributed by atoms with Gasteiger partial charge in [-0.15, -0.1) is 0 Å². The molecule has 0 aliphatic carbocycles.